The fourth-order valence-corrected chi connectivity index (χ4v) is 1.58. The van der Waals surface area contributed by atoms with Gasteiger partial charge in [0.1, 0.15) is 11.5 Å². The number of hydrogen-bond acceptors (Lipinski definition) is 2. The first kappa shape index (κ1) is 13.4. The monoisotopic (exact) mass is 272 g/mol. The highest BCUT2D eigenvalue weighted by molar-refractivity contribution is 7.80. The Labute approximate surface area is 118 Å². The Hall–Kier alpha value is -2.07. The molecule has 0 aliphatic carbocycles. The third kappa shape index (κ3) is 3.96. The second-order valence-corrected chi connectivity index (χ2v) is 4.65. The van der Waals surface area contributed by atoms with E-state index in [9.17, 15) is 0 Å². The molecule has 0 heterocycles. The quantitative estimate of drug-likeness (QED) is 0.860. The minimum Gasteiger partial charge on any atom is -0.457 e. The first-order valence-electron chi connectivity index (χ1n) is 5.96. The van der Waals surface area contributed by atoms with Gasteiger partial charge in [-0.2, -0.15) is 0 Å². The highest BCUT2D eigenvalue weighted by atomic mass is 32.1. The molecule has 98 valence electrons. The third-order valence-electron chi connectivity index (χ3n) is 2.49. The van der Waals surface area contributed by atoms with Crippen molar-refractivity contribution in [3.8, 4) is 11.5 Å². The van der Waals surface area contributed by atoms with Crippen LogP contribution in [0.1, 0.15) is 0 Å². The van der Waals surface area contributed by atoms with E-state index in [0.717, 1.165) is 17.2 Å². The maximum atomic E-state index is 5.71. The van der Waals surface area contributed by atoms with Crippen LogP contribution in [0.5, 0.6) is 11.5 Å². The van der Waals surface area contributed by atoms with Crippen molar-refractivity contribution in [1.29, 1.82) is 0 Å². The summed E-state index contributed by atoms with van der Waals surface area (Å²) in [4.78, 5) is 1.85. The first-order chi connectivity index (χ1) is 9.15. The molecule has 2 rings (SSSR count). The molecule has 0 radical (unpaired) electrons. The third-order valence-corrected chi connectivity index (χ3v) is 2.96. The number of ether oxygens (including phenoxy) is 1. The Bertz CT molecular complexity index is 538. The van der Waals surface area contributed by atoms with Crippen LogP contribution in [-0.2, 0) is 0 Å². The summed E-state index contributed by atoms with van der Waals surface area (Å²) in [6, 6.07) is 17.4. The topological polar surface area (TPSA) is 24.5 Å². The number of hydrogen-bond donors (Lipinski definition) is 1. The number of nitrogens with one attached hydrogen (secondary N) is 1. The van der Waals surface area contributed by atoms with Crippen molar-refractivity contribution >= 4 is 23.0 Å². The van der Waals surface area contributed by atoms with E-state index in [0.29, 0.717) is 5.11 Å². The van der Waals surface area contributed by atoms with Gasteiger partial charge in [-0.15, -0.1) is 0 Å². The fraction of sp³-hybridized carbons (Fsp3) is 0.133. The molecule has 0 saturated heterocycles. The second kappa shape index (κ2) is 6.20. The van der Waals surface area contributed by atoms with E-state index in [1.807, 2.05) is 73.6 Å². The number of benzene rings is 2. The average molecular weight is 272 g/mol. The van der Waals surface area contributed by atoms with Crippen molar-refractivity contribution in [2.24, 2.45) is 0 Å². The molecule has 0 unspecified atom stereocenters. The van der Waals surface area contributed by atoms with Gasteiger partial charge in [0, 0.05) is 19.8 Å². The fourth-order valence-electron chi connectivity index (χ4n) is 1.47. The molecule has 2 aromatic carbocycles. The van der Waals surface area contributed by atoms with Crippen molar-refractivity contribution in [3.05, 3.63) is 54.6 Å². The van der Waals surface area contributed by atoms with Crippen molar-refractivity contribution < 1.29 is 4.74 Å². The van der Waals surface area contributed by atoms with Gasteiger partial charge in [0.05, 0.1) is 0 Å². The summed E-state index contributed by atoms with van der Waals surface area (Å²) in [6.45, 7) is 0. The second-order valence-electron chi connectivity index (χ2n) is 4.26. The van der Waals surface area contributed by atoms with Crippen LogP contribution in [-0.4, -0.2) is 24.1 Å². The van der Waals surface area contributed by atoms with Crippen LogP contribution >= 0.6 is 12.2 Å². The van der Waals surface area contributed by atoms with Crippen molar-refractivity contribution in [3.63, 3.8) is 0 Å². The van der Waals surface area contributed by atoms with Crippen LogP contribution in [0, 0.1) is 0 Å². The SMILES string of the molecule is CN(C)C(=S)Nc1ccc(Oc2ccccc2)cc1. The standard InChI is InChI=1S/C15H16N2OS/c1-17(2)15(19)16-12-8-10-14(11-9-12)18-13-6-4-3-5-7-13/h3-11H,1-2H3,(H,16,19). The van der Waals surface area contributed by atoms with E-state index >= 15 is 0 Å². The minimum absolute atomic E-state index is 0.678. The average Bonchev–Trinajstić information content (AvgIpc) is 2.42. The van der Waals surface area contributed by atoms with Crippen LogP contribution in [0.3, 0.4) is 0 Å². The summed E-state index contributed by atoms with van der Waals surface area (Å²) in [7, 11) is 3.81. The van der Waals surface area contributed by atoms with Crippen molar-refractivity contribution in [1.82, 2.24) is 4.90 Å². The Morgan fingerprint density at radius 2 is 1.53 bits per heavy atom. The minimum atomic E-state index is 0.678. The number of rotatable bonds is 3. The molecular weight excluding hydrogens is 256 g/mol. The number of thiocarbonyl (C=S) groups is 1. The summed E-state index contributed by atoms with van der Waals surface area (Å²) < 4.78 is 5.71. The van der Waals surface area contributed by atoms with Crippen LogP contribution in [0.2, 0.25) is 0 Å². The lowest BCUT2D eigenvalue weighted by Gasteiger charge is -2.15. The van der Waals surface area contributed by atoms with E-state index in [4.69, 9.17) is 17.0 Å². The molecule has 19 heavy (non-hydrogen) atoms. The van der Waals surface area contributed by atoms with Gasteiger partial charge < -0.3 is 15.0 Å². The lowest BCUT2D eigenvalue weighted by Crippen LogP contribution is -2.26. The van der Waals surface area contributed by atoms with E-state index in [1.165, 1.54) is 0 Å². The van der Waals surface area contributed by atoms with Crippen LogP contribution in [0.25, 0.3) is 0 Å². The maximum absolute atomic E-state index is 5.71. The predicted molar refractivity (Wildman–Crippen MR) is 82.9 cm³/mol. The zero-order chi connectivity index (χ0) is 13.7. The molecule has 0 saturated carbocycles. The van der Waals surface area contributed by atoms with Gasteiger partial charge in [0.15, 0.2) is 5.11 Å². The molecule has 0 aromatic heterocycles. The van der Waals surface area contributed by atoms with Crippen LogP contribution < -0.4 is 10.1 Å². The zero-order valence-electron chi connectivity index (χ0n) is 11.0. The highest BCUT2D eigenvalue weighted by Crippen LogP contribution is 2.22. The van der Waals surface area contributed by atoms with E-state index < -0.39 is 0 Å². The molecule has 0 aliphatic heterocycles. The molecule has 0 aliphatic rings. The van der Waals surface area contributed by atoms with E-state index in [1.54, 1.807) is 0 Å². The Morgan fingerprint density at radius 1 is 0.947 bits per heavy atom. The van der Waals surface area contributed by atoms with Gasteiger partial charge in [0.25, 0.3) is 0 Å². The normalized spacial score (nSPS) is 9.79. The van der Waals surface area contributed by atoms with Gasteiger partial charge >= 0.3 is 0 Å². The van der Waals surface area contributed by atoms with Gasteiger partial charge in [-0.25, -0.2) is 0 Å². The van der Waals surface area contributed by atoms with Gasteiger partial charge in [-0.05, 0) is 48.6 Å². The van der Waals surface area contributed by atoms with Gasteiger partial charge in [-0.3, -0.25) is 0 Å². The van der Waals surface area contributed by atoms with Crippen LogP contribution in [0.15, 0.2) is 54.6 Å². The Kier molecular flexibility index (Phi) is 4.36. The maximum Gasteiger partial charge on any atom is 0.172 e. The molecule has 3 nitrogen and oxygen atoms in total. The smallest absolute Gasteiger partial charge is 0.172 e. The van der Waals surface area contributed by atoms with E-state index in [2.05, 4.69) is 5.32 Å². The molecule has 0 amide bonds. The summed E-state index contributed by atoms with van der Waals surface area (Å²) in [5.74, 6) is 1.62. The van der Waals surface area contributed by atoms with E-state index in [-0.39, 0.29) is 0 Å². The number of anilines is 1. The number of nitrogens with zero attached hydrogens (tertiary/aromatic N) is 1. The highest BCUT2D eigenvalue weighted by Gasteiger charge is 2.00. The van der Waals surface area contributed by atoms with Crippen LogP contribution in [0.4, 0.5) is 5.69 Å². The molecule has 0 fully saturated rings. The first-order valence-corrected chi connectivity index (χ1v) is 6.37. The van der Waals surface area contributed by atoms with Gasteiger partial charge in [-0.1, -0.05) is 18.2 Å². The predicted octanol–water partition coefficient (Wildman–Crippen LogP) is 3.74. The summed E-state index contributed by atoms with van der Waals surface area (Å²) in [5, 5.41) is 3.81. The lowest BCUT2D eigenvalue weighted by atomic mass is 10.3. The molecule has 0 bridgehead atoms. The lowest BCUT2D eigenvalue weighted by molar-refractivity contribution is 0.483. The molecule has 1 N–H and O–H groups in total. The molecule has 2 aromatic rings. The summed E-state index contributed by atoms with van der Waals surface area (Å²) >= 11 is 5.18. The molecular formula is C15H16N2OS. The van der Waals surface area contributed by atoms with Gasteiger partial charge in [0.2, 0.25) is 0 Å². The van der Waals surface area contributed by atoms with Crippen molar-refractivity contribution in [2.75, 3.05) is 19.4 Å². The molecule has 4 heteroatoms. The largest absolute Gasteiger partial charge is 0.457 e. The van der Waals surface area contributed by atoms with Crippen molar-refractivity contribution in [2.45, 2.75) is 0 Å². The molecule has 0 atom stereocenters. The zero-order valence-corrected chi connectivity index (χ0v) is 11.8. The summed E-state index contributed by atoms with van der Waals surface area (Å²) in [5.41, 5.74) is 0.944. The summed E-state index contributed by atoms with van der Waals surface area (Å²) in [6.07, 6.45) is 0. The number of para-hydroxylation sites is 1. The molecule has 0 spiro atoms. The Morgan fingerprint density at radius 3 is 2.11 bits per heavy atom. The Balaban J connectivity index is 2.01.